The van der Waals surface area contributed by atoms with Crippen molar-refractivity contribution in [2.24, 2.45) is 5.73 Å². The summed E-state index contributed by atoms with van der Waals surface area (Å²) in [4.78, 5) is 8.32. The Morgan fingerprint density at radius 1 is 1.24 bits per heavy atom. The lowest BCUT2D eigenvalue weighted by Gasteiger charge is -2.12. The zero-order valence-electron chi connectivity index (χ0n) is 9.30. The lowest BCUT2D eigenvalue weighted by Crippen LogP contribution is -2.15. The van der Waals surface area contributed by atoms with E-state index >= 15 is 0 Å². The molecule has 0 aliphatic rings. The van der Waals surface area contributed by atoms with Gasteiger partial charge in [0.2, 0.25) is 0 Å². The minimum atomic E-state index is -0.295. The van der Waals surface area contributed by atoms with Crippen molar-refractivity contribution in [3.8, 4) is 0 Å². The van der Waals surface area contributed by atoms with Crippen LogP contribution in [0.15, 0.2) is 41.1 Å². The van der Waals surface area contributed by atoms with Gasteiger partial charge in [-0.3, -0.25) is 0 Å². The smallest absolute Gasteiger partial charge is 0.149 e. The fourth-order valence-electron chi connectivity index (χ4n) is 1.49. The van der Waals surface area contributed by atoms with Crippen LogP contribution in [0.4, 0.5) is 0 Å². The molecule has 0 aliphatic heterocycles. The Bertz CT molecular complexity index is 490. The predicted octanol–water partition coefficient (Wildman–Crippen LogP) is 3.02. The molecule has 1 heterocycles. The molecular weight excluding hydrogens is 302 g/mol. The van der Waals surface area contributed by atoms with E-state index < -0.39 is 0 Å². The van der Waals surface area contributed by atoms with Gasteiger partial charge in [0.25, 0.3) is 0 Å². The van der Waals surface area contributed by atoms with Crippen molar-refractivity contribution in [2.45, 2.75) is 13.0 Å². The van der Waals surface area contributed by atoms with Gasteiger partial charge >= 0.3 is 0 Å². The predicted molar refractivity (Wildman–Crippen MR) is 74.2 cm³/mol. The molecule has 2 rings (SSSR count). The van der Waals surface area contributed by atoms with Crippen LogP contribution in [-0.2, 0) is 0 Å². The molecule has 0 spiro atoms. The number of rotatable bonds is 2. The highest BCUT2D eigenvalue weighted by atomic mass is 79.9. The molecule has 2 N–H and O–H groups in total. The number of aromatic nitrogens is 2. The summed E-state index contributed by atoms with van der Waals surface area (Å²) in [5, 5.41) is 0. The molecule has 17 heavy (non-hydrogen) atoms. The van der Waals surface area contributed by atoms with Crippen LogP contribution in [0.5, 0.6) is 0 Å². The monoisotopic (exact) mass is 313 g/mol. The van der Waals surface area contributed by atoms with Crippen LogP contribution < -0.4 is 5.73 Å². The molecule has 0 saturated heterocycles. The summed E-state index contributed by atoms with van der Waals surface area (Å²) in [6.07, 6.45) is 3.40. The van der Waals surface area contributed by atoms with Crippen molar-refractivity contribution < 1.29 is 0 Å². The molecule has 0 aliphatic carbocycles. The molecule has 0 saturated carbocycles. The molecule has 1 unspecified atom stereocenters. The van der Waals surface area contributed by atoms with Crippen LogP contribution in [0, 0.1) is 6.92 Å². The van der Waals surface area contributed by atoms with Crippen LogP contribution in [-0.4, -0.2) is 9.97 Å². The van der Waals surface area contributed by atoms with Crippen LogP contribution in [0.3, 0.4) is 0 Å². The summed E-state index contributed by atoms with van der Waals surface area (Å²) in [5.41, 5.74) is 8.30. The lowest BCUT2D eigenvalue weighted by molar-refractivity contribution is 0.776. The second-order valence-corrected chi connectivity index (χ2v) is 4.46. The Hall–Kier alpha value is -0.970. The maximum absolute atomic E-state index is 6.11. The first-order valence-corrected chi connectivity index (χ1v) is 5.76. The molecule has 90 valence electrons. The summed E-state index contributed by atoms with van der Waals surface area (Å²) < 4.78 is 0.993. The van der Waals surface area contributed by atoms with Gasteiger partial charge in [-0.25, -0.2) is 9.97 Å². The van der Waals surface area contributed by atoms with E-state index in [1.54, 1.807) is 18.5 Å². The van der Waals surface area contributed by atoms with Gasteiger partial charge in [-0.2, -0.15) is 0 Å². The standard InChI is InChI=1S/C12H12BrN3.ClH/c1-8-3-4-9(10(13)7-8)11(14)12-15-5-2-6-16-12;/h2-7,11H,14H2,1H3;1H. The summed E-state index contributed by atoms with van der Waals surface area (Å²) in [5.74, 6) is 0.632. The van der Waals surface area contributed by atoms with Gasteiger partial charge < -0.3 is 5.73 Å². The summed E-state index contributed by atoms with van der Waals surface area (Å²) in [7, 11) is 0. The number of nitrogens with zero attached hydrogens (tertiary/aromatic N) is 2. The first-order valence-electron chi connectivity index (χ1n) is 4.97. The molecule has 1 atom stereocenters. The number of halogens is 2. The molecule has 5 heteroatoms. The first-order chi connectivity index (χ1) is 7.68. The zero-order valence-corrected chi connectivity index (χ0v) is 11.7. The summed E-state index contributed by atoms with van der Waals surface area (Å²) in [6, 6.07) is 7.55. The first kappa shape index (κ1) is 14.1. The number of hydrogen-bond acceptors (Lipinski definition) is 3. The van der Waals surface area contributed by atoms with Gasteiger partial charge in [-0.15, -0.1) is 12.4 Å². The van der Waals surface area contributed by atoms with Crippen molar-refractivity contribution in [1.29, 1.82) is 0 Å². The molecule has 1 aromatic heterocycles. The fourth-order valence-corrected chi connectivity index (χ4v) is 2.23. The average molecular weight is 315 g/mol. The van der Waals surface area contributed by atoms with E-state index in [2.05, 4.69) is 25.9 Å². The van der Waals surface area contributed by atoms with E-state index in [-0.39, 0.29) is 18.4 Å². The van der Waals surface area contributed by atoms with E-state index in [1.165, 1.54) is 5.56 Å². The van der Waals surface area contributed by atoms with Crippen molar-refractivity contribution in [3.05, 3.63) is 58.1 Å². The van der Waals surface area contributed by atoms with Gasteiger partial charge in [-0.05, 0) is 30.2 Å². The topological polar surface area (TPSA) is 51.8 Å². The third-order valence-corrected chi connectivity index (χ3v) is 3.04. The van der Waals surface area contributed by atoms with Crippen molar-refractivity contribution in [2.75, 3.05) is 0 Å². The Balaban J connectivity index is 0.00000144. The molecule has 0 amide bonds. The minimum absolute atomic E-state index is 0. The van der Waals surface area contributed by atoms with Crippen molar-refractivity contribution in [1.82, 2.24) is 9.97 Å². The highest BCUT2D eigenvalue weighted by molar-refractivity contribution is 9.10. The average Bonchev–Trinajstić information content (AvgIpc) is 2.29. The quantitative estimate of drug-likeness (QED) is 0.927. The minimum Gasteiger partial charge on any atom is -0.318 e. The maximum Gasteiger partial charge on any atom is 0.149 e. The number of aryl methyl sites for hydroxylation is 1. The Morgan fingerprint density at radius 2 is 1.88 bits per heavy atom. The number of benzene rings is 1. The highest BCUT2D eigenvalue weighted by Crippen LogP contribution is 2.25. The Kier molecular flexibility index (Phi) is 5.05. The van der Waals surface area contributed by atoms with Crippen molar-refractivity contribution in [3.63, 3.8) is 0 Å². The van der Waals surface area contributed by atoms with E-state index in [0.717, 1.165) is 10.0 Å². The Labute approximate surface area is 115 Å². The second kappa shape index (κ2) is 6.10. The number of nitrogens with two attached hydrogens (primary N) is 1. The maximum atomic E-state index is 6.11. The van der Waals surface area contributed by atoms with Crippen LogP contribution in [0.2, 0.25) is 0 Å². The molecule has 1 aromatic carbocycles. The number of hydrogen-bond donors (Lipinski definition) is 1. The molecule has 0 radical (unpaired) electrons. The third kappa shape index (κ3) is 3.25. The molecule has 3 nitrogen and oxygen atoms in total. The molecule has 0 fully saturated rings. The summed E-state index contributed by atoms with van der Waals surface area (Å²) in [6.45, 7) is 2.04. The van der Waals surface area contributed by atoms with E-state index in [4.69, 9.17) is 5.73 Å². The van der Waals surface area contributed by atoms with Gasteiger partial charge in [0.15, 0.2) is 0 Å². The summed E-state index contributed by atoms with van der Waals surface area (Å²) >= 11 is 3.51. The Morgan fingerprint density at radius 3 is 2.47 bits per heavy atom. The molecular formula is C12H13BrClN3. The van der Waals surface area contributed by atoms with E-state index in [1.807, 2.05) is 25.1 Å². The van der Waals surface area contributed by atoms with Crippen LogP contribution in [0.1, 0.15) is 23.0 Å². The van der Waals surface area contributed by atoms with Gasteiger partial charge in [0, 0.05) is 16.9 Å². The van der Waals surface area contributed by atoms with Gasteiger partial charge in [-0.1, -0.05) is 28.1 Å². The normalized spacial score (nSPS) is 11.7. The highest BCUT2D eigenvalue weighted by Gasteiger charge is 2.14. The van der Waals surface area contributed by atoms with Crippen molar-refractivity contribution >= 4 is 28.3 Å². The van der Waals surface area contributed by atoms with Gasteiger partial charge in [0.1, 0.15) is 5.82 Å². The molecule has 0 bridgehead atoms. The van der Waals surface area contributed by atoms with E-state index in [0.29, 0.717) is 5.82 Å². The fraction of sp³-hybridized carbons (Fsp3) is 0.167. The molecule has 2 aromatic rings. The van der Waals surface area contributed by atoms with E-state index in [9.17, 15) is 0 Å². The third-order valence-electron chi connectivity index (χ3n) is 2.35. The van der Waals surface area contributed by atoms with Gasteiger partial charge in [0.05, 0.1) is 6.04 Å². The lowest BCUT2D eigenvalue weighted by atomic mass is 10.1. The zero-order chi connectivity index (χ0) is 11.5. The van der Waals surface area contributed by atoms with Crippen LogP contribution in [0.25, 0.3) is 0 Å². The second-order valence-electron chi connectivity index (χ2n) is 3.61. The van der Waals surface area contributed by atoms with Crippen LogP contribution >= 0.6 is 28.3 Å². The largest absolute Gasteiger partial charge is 0.318 e. The SMILES string of the molecule is Cc1ccc(C(N)c2ncccn2)c(Br)c1.Cl.